The summed E-state index contributed by atoms with van der Waals surface area (Å²) in [4.78, 5) is 117. The Labute approximate surface area is 749 Å². The number of nitrogens with one attached hydrogen (secondary N) is 1. The van der Waals surface area contributed by atoms with Crippen molar-refractivity contribution in [2.24, 2.45) is 0 Å². The molecular weight excluding hydrogens is 1670 g/mol. The molecule has 8 aromatic rings. The van der Waals surface area contributed by atoms with Crippen molar-refractivity contribution in [2.75, 3.05) is 139 Å². The standard InChI is InChI=1S/C25H31N3O3.C24H27N3O3.C20H23N3O.C16H21BrN2O3.C10H12.C4H6O3.ClH/c1-25(2,3)31-24(30)27-17-15-26(16-18-27)23(29)20-10-12-21(13-11-20)28-14-6-8-19-7-4-5-9-22(19)28;28-22(25-14-16-26(17-15-25)23(29)24(30)11-12-24)19-7-9-20(10-8-19)27-13-3-5-18-4-1-2-6-21(18)27;24-20(22-14-11-21-12-15-22)17-7-9-18(10-8-17)23-13-3-5-16-4-1-2-6-19(16)23;1-16(2,3)22-15(21)19-10-8-18(9-11-19)14(20)12-4-6-13(17)7-5-12;1-2-6-10-8-4-3-7-9(10)5-1;5-3(6)4(7)1-2-4;/h4-5,7,9-13H,6,8,14-18H2,1-3H3;1-2,4,6-10,30H,3,5,11-17H2;1-2,4,6-10,21H,3,5,11-15H2;4-7H,8-11H2,1-3H3;1-2,5-6H,3-4,7-8H2;7H,1-2H2,(H,5,6);1H. The van der Waals surface area contributed by atoms with Crippen LogP contribution in [0.1, 0.15) is 169 Å². The van der Waals surface area contributed by atoms with Crippen LogP contribution < -0.4 is 20.0 Å². The van der Waals surface area contributed by atoms with E-state index >= 15 is 0 Å². The van der Waals surface area contributed by atoms with E-state index in [0.29, 0.717) is 121 Å². The molecule has 26 heteroatoms. The Morgan fingerprint density at radius 1 is 0.328 bits per heavy atom. The number of rotatable bonds is 9. The van der Waals surface area contributed by atoms with Crippen LogP contribution in [0.25, 0.3) is 0 Å². The number of hydrogen-bond donors (Lipinski definition) is 4. The van der Waals surface area contributed by atoms with E-state index in [-0.39, 0.29) is 54.1 Å². The van der Waals surface area contributed by atoms with Crippen molar-refractivity contribution < 1.29 is 63.1 Å². The molecular formula is C99H121BrClN11O13. The zero-order valence-electron chi connectivity index (χ0n) is 73.0. The van der Waals surface area contributed by atoms with Gasteiger partial charge < -0.3 is 79.1 Å². The van der Waals surface area contributed by atoms with Gasteiger partial charge in [0.25, 0.3) is 29.5 Å². The van der Waals surface area contributed by atoms with Gasteiger partial charge in [-0.25, -0.2) is 14.4 Å². The molecule has 18 rings (SSSR count). The lowest BCUT2D eigenvalue weighted by Crippen LogP contribution is -2.53. The number of amides is 7. The van der Waals surface area contributed by atoms with E-state index in [0.717, 1.165) is 99.3 Å². The van der Waals surface area contributed by atoms with Crippen LogP contribution in [0.3, 0.4) is 0 Å². The summed E-state index contributed by atoms with van der Waals surface area (Å²) >= 11 is 3.36. The summed E-state index contributed by atoms with van der Waals surface area (Å²) in [5.41, 5.74) is 13.8. The first-order valence-electron chi connectivity index (χ1n) is 44.1. The summed E-state index contributed by atoms with van der Waals surface area (Å²) in [6.45, 7) is 23.5. The fourth-order valence-electron chi connectivity index (χ4n) is 16.5. The lowest BCUT2D eigenvalue weighted by atomic mass is 9.92. The highest BCUT2D eigenvalue weighted by Gasteiger charge is 2.51. The lowest BCUT2D eigenvalue weighted by Gasteiger charge is -2.36. The quantitative estimate of drug-likeness (QED) is 0.105. The predicted molar refractivity (Wildman–Crippen MR) is 494 cm³/mol. The molecule has 7 heterocycles. The molecule has 0 bridgehead atoms. The SMILES string of the molecule is CC(C)(C)OC(=O)N1CCN(C(=O)c2ccc(Br)cc2)CC1.CC(C)(C)OC(=O)N1CCN(C(=O)c2ccc(N3CCCc4ccccc43)cc2)CC1.Cl.O=C(O)C1(O)CC1.O=C(c1ccc(N2CCCc3ccccc32)cc1)N1CCN(C(=O)C2(O)CC2)CC1.O=C(c1ccc(N2CCCc3ccccc32)cc1)N1CCNCC1.c1ccc2c(c1)CCCC2. The van der Waals surface area contributed by atoms with Crippen molar-refractivity contribution in [3.63, 3.8) is 0 Å². The molecule has 0 aromatic heterocycles. The maximum atomic E-state index is 13.0. The monoisotopic (exact) mass is 1790 g/mol. The normalized spacial score (nSPS) is 17.7. The van der Waals surface area contributed by atoms with Gasteiger partial charge in [-0.3, -0.25) is 24.0 Å². The number of aliphatic hydroxyl groups is 2. The second-order valence-corrected chi connectivity index (χ2v) is 36.2. The van der Waals surface area contributed by atoms with Crippen LogP contribution >= 0.6 is 28.3 Å². The average Bonchev–Trinajstić information content (AvgIpc) is 1.68. The summed E-state index contributed by atoms with van der Waals surface area (Å²) in [7, 11) is 0. The van der Waals surface area contributed by atoms with E-state index in [2.05, 4.69) is 145 Å². The van der Waals surface area contributed by atoms with Gasteiger partial charge in [-0.1, -0.05) is 94.8 Å². The van der Waals surface area contributed by atoms with Crippen LogP contribution in [0.2, 0.25) is 0 Å². The van der Waals surface area contributed by atoms with Gasteiger partial charge in [0.15, 0.2) is 5.60 Å². The number of carbonyl (C=O) groups excluding carboxylic acids is 7. The van der Waals surface area contributed by atoms with Gasteiger partial charge in [-0.2, -0.15) is 0 Å². The number of anilines is 6. The van der Waals surface area contributed by atoms with Gasteiger partial charge in [0, 0.05) is 185 Å². The van der Waals surface area contributed by atoms with Crippen molar-refractivity contribution in [3.05, 3.63) is 249 Å². The highest BCUT2D eigenvalue weighted by atomic mass is 79.9. The number of nitrogens with zero attached hydrogens (tertiary/aromatic N) is 10. The molecule has 0 radical (unpaired) electrons. The first kappa shape index (κ1) is 93.3. The molecule has 6 fully saturated rings. The van der Waals surface area contributed by atoms with E-state index in [1.807, 2.05) is 124 Å². The molecule has 664 valence electrons. The number of carboxylic acid groups (broad SMARTS) is 1. The minimum atomic E-state index is -1.33. The smallest absolute Gasteiger partial charge is 0.410 e. The molecule has 8 aromatic carbocycles. The third-order valence-electron chi connectivity index (χ3n) is 23.9. The molecule has 7 amide bonds. The van der Waals surface area contributed by atoms with Crippen LogP contribution in [-0.4, -0.2) is 244 Å². The number of hydrogen-bond acceptors (Lipinski definition) is 16. The summed E-state index contributed by atoms with van der Waals surface area (Å²) in [5, 5.41) is 30.0. The first-order valence-corrected chi connectivity index (χ1v) is 44.9. The highest BCUT2D eigenvalue weighted by Crippen LogP contribution is 2.40. The average molecular weight is 1790 g/mol. The van der Waals surface area contributed by atoms with Crippen LogP contribution in [0.5, 0.6) is 0 Å². The Balaban J connectivity index is 0.000000143. The van der Waals surface area contributed by atoms with Crippen molar-refractivity contribution in [2.45, 2.75) is 154 Å². The van der Waals surface area contributed by atoms with Crippen molar-refractivity contribution >= 4 is 110 Å². The Bertz CT molecular complexity index is 4980. The molecule has 125 heavy (non-hydrogen) atoms. The number of para-hydroxylation sites is 3. The summed E-state index contributed by atoms with van der Waals surface area (Å²) in [6.07, 6.45) is 13.5. The number of piperazine rings is 4. The fourth-order valence-corrected chi connectivity index (χ4v) is 16.8. The van der Waals surface area contributed by atoms with Crippen molar-refractivity contribution in [1.82, 2.24) is 39.6 Å². The molecule has 4 saturated heterocycles. The molecule has 0 unspecified atom stereocenters. The van der Waals surface area contributed by atoms with Gasteiger partial charge in [0.2, 0.25) is 0 Å². The molecule has 3 aliphatic carbocycles. The van der Waals surface area contributed by atoms with Gasteiger partial charge >= 0.3 is 18.2 Å². The Kier molecular flexibility index (Phi) is 31.7. The van der Waals surface area contributed by atoms with Gasteiger partial charge in [-0.05, 0) is 275 Å². The number of aliphatic carboxylic acids is 1. The van der Waals surface area contributed by atoms with Crippen LogP contribution in [0.15, 0.2) is 199 Å². The zero-order valence-corrected chi connectivity index (χ0v) is 75.4. The van der Waals surface area contributed by atoms with Gasteiger partial charge in [0.1, 0.15) is 16.8 Å². The van der Waals surface area contributed by atoms with Gasteiger partial charge in [0.05, 0.1) is 0 Å². The molecule has 0 spiro atoms. The topological polar surface area (TPSA) is 260 Å². The van der Waals surface area contributed by atoms with E-state index in [1.54, 1.807) is 47.8 Å². The minimum Gasteiger partial charge on any atom is -0.479 e. The second-order valence-electron chi connectivity index (χ2n) is 35.3. The molecule has 2 saturated carbocycles. The number of halogens is 2. The third-order valence-corrected chi connectivity index (χ3v) is 24.4. The Morgan fingerprint density at radius 2 is 0.592 bits per heavy atom. The van der Waals surface area contributed by atoms with Crippen molar-refractivity contribution in [3.8, 4) is 0 Å². The molecule has 24 nitrogen and oxygen atoms in total. The number of fused-ring (bicyclic) bond motifs is 4. The lowest BCUT2D eigenvalue weighted by molar-refractivity contribution is -0.149. The summed E-state index contributed by atoms with van der Waals surface area (Å²) < 4.78 is 11.7. The summed E-state index contributed by atoms with van der Waals surface area (Å²) in [5.74, 6) is -1.13. The number of carbonyl (C=O) groups is 8. The number of ether oxygens (including phenoxy) is 2. The van der Waals surface area contributed by atoms with E-state index in [1.165, 1.54) is 71.5 Å². The largest absolute Gasteiger partial charge is 0.479 e. The third kappa shape index (κ3) is 25.1. The van der Waals surface area contributed by atoms with E-state index in [4.69, 9.17) is 19.7 Å². The van der Waals surface area contributed by atoms with E-state index < -0.39 is 28.4 Å². The summed E-state index contributed by atoms with van der Waals surface area (Å²) in [6, 6.07) is 65.6. The Morgan fingerprint density at radius 3 is 0.880 bits per heavy atom. The molecule has 0 atom stereocenters. The van der Waals surface area contributed by atoms with Crippen LogP contribution in [0, 0.1) is 0 Å². The number of carboxylic acids is 1. The zero-order chi connectivity index (χ0) is 87.7. The second kappa shape index (κ2) is 42.4. The fraction of sp³-hybridized carbons (Fsp3) is 0.434. The Hall–Kier alpha value is -10.8. The molecule has 10 aliphatic rings. The molecule has 7 aliphatic heterocycles. The number of benzene rings is 8. The molecule has 4 N–H and O–H groups in total. The van der Waals surface area contributed by atoms with Crippen molar-refractivity contribution in [1.29, 1.82) is 0 Å². The van der Waals surface area contributed by atoms with Crippen LogP contribution in [-0.2, 0) is 51.2 Å². The first-order chi connectivity index (χ1) is 59.6. The highest BCUT2D eigenvalue weighted by molar-refractivity contribution is 9.10. The minimum absolute atomic E-state index is 0. The van der Waals surface area contributed by atoms with E-state index in [9.17, 15) is 43.5 Å². The number of aryl methyl sites for hydroxylation is 5. The van der Waals surface area contributed by atoms with Crippen LogP contribution in [0.4, 0.5) is 43.7 Å². The maximum absolute atomic E-state index is 13.0. The van der Waals surface area contributed by atoms with Gasteiger partial charge in [-0.15, -0.1) is 12.4 Å². The predicted octanol–water partition coefficient (Wildman–Crippen LogP) is 15.6. The maximum Gasteiger partial charge on any atom is 0.410 e.